The van der Waals surface area contributed by atoms with Crippen LogP contribution in [-0.4, -0.2) is 30.0 Å². The van der Waals surface area contributed by atoms with Crippen molar-refractivity contribution in [3.8, 4) is 0 Å². The summed E-state index contributed by atoms with van der Waals surface area (Å²) in [4.78, 5) is 0. The van der Waals surface area contributed by atoms with Gasteiger partial charge in [-0.25, -0.2) is 0 Å². The van der Waals surface area contributed by atoms with Gasteiger partial charge in [0, 0.05) is 29.8 Å². The molecule has 0 bridgehead atoms. The molecule has 0 saturated carbocycles. The normalized spacial score (nSPS) is 18.9. The third kappa shape index (κ3) is 2.21. The summed E-state index contributed by atoms with van der Waals surface area (Å²) in [5.74, 6) is 0. The van der Waals surface area contributed by atoms with Gasteiger partial charge in [0.25, 0.3) is 0 Å². The number of H-pyrrole nitrogens is 1. The molecule has 0 unspecified atom stereocenters. The summed E-state index contributed by atoms with van der Waals surface area (Å²) in [6.07, 6.45) is 0. The van der Waals surface area contributed by atoms with Gasteiger partial charge >= 0.3 is 0 Å². The second-order valence-electron chi connectivity index (χ2n) is 4.82. The molecule has 1 fully saturated rings. The van der Waals surface area contributed by atoms with Crippen LogP contribution >= 0.6 is 0 Å². The summed E-state index contributed by atoms with van der Waals surface area (Å²) in [5.41, 5.74) is 3.88. The molecule has 0 atom stereocenters. The van der Waals surface area contributed by atoms with E-state index in [9.17, 15) is 0 Å². The van der Waals surface area contributed by atoms with Crippen LogP contribution < -0.4 is 5.32 Å². The number of hydrogen-bond acceptors (Lipinski definition) is 3. The van der Waals surface area contributed by atoms with E-state index in [1.165, 1.54) is 5.56 Å². The summed E-state index contributed by atoms with van der Waals surface area (Å²) < 4.78 is 5.21. The van der Waals surface area contributed by atoms with Gasteiger partial charge in [-0.2, -0.15) is 5.10 Å². The molecule has 1 aliphatic rings. The molecule has 0 amide bonds. The van der Waals surface area contributed by atoms with Crippen molar-refractivity contribution in [1.82, 2.24) is 15.5 Å². The number of nitrogens with one attached hydrogen (secondary N) is 2. The Morgan fingerprint density at radius 1 is 1.47 bits per heavy atom. The number of ether oxygens (including phenoxy) is 1. The highest BCUT2D eigenvalue weighted by Gasteiger charge is 2.32. The minimum atomic E-state index is 0.339. The van der Waals surface area contributed by atoms with E-state index >= 15 is 0 Å². The van der Waals surface area contributed by atoms with E-state index in [1.54, 1.807) is 0 Å². The van der Waals surface area contributed by atoms with E-state index < -0.39 is 0 Å². The molecule has 1 aromatic heterocycles. The minimum Gasteiger partial charge on any atom is -0.380 e. The maximum absolute atomic E-state index is 5.21. The Kier molecular flexibility index (Phi) is 2.80. The highest BCUT2D eigenvalue weighted by Crippen LogP contribution is 2.25. The van der Waals surface area contributed by atoms with E-state index in [1.807, 2.05) is 6.92 Å². The largest absolute Gasteiger partial charge is 0.380 e. The van der Waals surface area contributed by atoms with Crippen LogP contribution in [0.3, 0.4) is 0 Å². The summed E-state index contributed by atoms with van der Waals surface area (Å²) in [5, 5.41) is 10.6. The first-order valence-electron chi connectivity index (χ1n) is 5.40. The molecule has 0 spiro atoms. The molecule has 1 aromatic rings. The van der Waals surface area contributed by atoms with Crippen molar-refractivity contribution in [2.24, 2.45) is 5.41 Å². The summed E-state index contributed by atoms with van der Waals surface area (Å²) in [6.45, 7) is 10.0. The molecule has 0 radical (unpaired) electrons. The number of hydrogen-bond donors (Lipinski definition) is 2. The fourth-order valence-corrected chi connectivity index (χ4v) is 1.88. The Morgan fingerprint density at radius 3 is 2.67 bits per heavy atom. The van der Waals surface area contributed by atoms with Crippen LogP contribution in [-0.2, 0) is 11.3 Å². The van der Waals surface area contributed by atoms with E-state index in [-0.39, 0.29) is 0 Å². The third-order valence-electron chi connectivity index (χ3n) is 3.04. The molecule has 0 aliphatic carbocycles. The third-order valence-corrected chi connectivity index (χ3v) is 3.04. The predicted molar refractivity (Wildman–Crippen MR) is 58.7 cm³/mol. The Hall–Kier alpha value is -0.870. The zero-order valence-corrected chi connectivity index (χ0v) is 9.68. The summed E-state index contributed by atoms with van der Waals surface area (Å²) >= 11 is 0. The molecular formula is C11H19N3O. The molecule has 2 N–H and O–H groups in total. The first kappa shape index (κ1) is 10.6. The number of nitrogens with zero attached hydrogens (tertiary/aromatic N) is 1. The average Bonchev–Trinajstić information content (AvgIpc) is 2.46. The van der Waals surface area contributed by atoms with Gasteiger partial charge in [-0.3, -0.25) is 5.10 Å². The van der Waals surface area contributed by atoms with Gasteiger partial charge < -0.3 is 10.1 Å². The second kappa shape index (κ2) is 3.94. The molecule has 1 saturated heterocycles. The van der Waals surface area contributed by atoms with E-state index in [4.69, 9.17) is 4.74 Å². The van der Waals surface area contributed by atoms with Crippen molar-refractivity contribution < 1.29 is 4.74 Å². The van der Waals surface area contributed by atoms with Gasteiger partial charge in [-0.05, 0) is 13.8 Å². The standard InChI is InChI=1S/C11H19N3O/c1-8-10(9(2)14-13-8)4-12-5-11(3)6-15-7-11/h12H,4-7H2,1-3H3,(H,13,14). The van der Waals surface area contributed by atoms with Crippen molar-refractivity contribution in [2.45, 2.75) is 27.3 Å². The topological polar surface area (TPSA) is 49.9 Å². The molecule has 4 nitrogen and oxygen atoms in total. The van der Waals surface area contributed by atoms with Crippen LogP contribution in [0.5, 0.6) is 0 Å². The minimum absolute atomic E-state index is 0.339. The monoisotopic (exact) mass is 209 g/mol. The number of aryl methyl sites for hydroxylation is 2. The Morgan fingerprint density at radius 2 is 2.20 bits per heavy atom. The highest BCUT2D eigenvalue weighted by atomic mass is 16.5. The first-order chi connectivity index (χ1) is 7.11. The molecule has 4 heteroatoms. The molecule has 2 heterocycles. The van der Waals surface area contributed by atoms with Crippen molar-refractivity contribution >= 4 is 0 Å². The van der Waals surface area contributed by atoms with Crippen molar-refractivity contribution in [1.29, 1.82) is 0 Å². The van der Waals surface area contributed by atoms with Crippen molar-refractivity contribution in [3.63, 3.8) is 0 Å². The lowest BCUT2D eigenvalue weighted by atomic mass is 9.89. The van der Waals surface area contributed by atoms with E-state index in [0.717, 1.165) is 37.7 Å². The zero-order chi connectivity index (χ0) is 10.9. The van der Waals surface area contributed by atoms with Gasteiger partial charge in [-0.15, -0.1) is 0 Å². The number of aromatic amines is 1. The highest BCUT2D eigenvalue weighted by molar-refractivity contribution is 5.22. The fourth-order valence-electron chi connectivity index (χ4n) is 1.88. The molecule has 0 aromatic carbocycles. The Bertz CT molecular complexity index is 322. The van der Waals surface area contributed by atoms with Crippen LogP contribution in [0.4, 0.5) is 0 Å². The van der Waals surface area contributed by atoms with E-state index in [0.29, 0.717) is 5.41 Å². The van der Waals surface area contributed by atoms with Crippen LogP contribution in [0, 0.1) is 19.3 Å². The van der Waals surface area contributed by atoms with Crippen LogP contribution in [0.15, 0.2) is 0 Å². The van der Waals surface area contributed by atoms with Gasteiger partial charge in [0.2, 0.25) is 0 Å². The van der Waals surface area contributed by atoms with Crippen LogP contribution in [0.25, 0.3) is 0 Å². The zero-order valence-electron chi connectivity index (χ0n) is 9.68. The first-order valence-corrected chi connectivity index (χ1v) is 5.40. The van der Waals surface area contributed by atoms with Gasteiger partial charge in [0.1, 0.15) is 0 Å². The van der Waals surface area contributed by atoms with Crippen molar-refractivity contribution in [3.05, 3.63) is 17.0 Å². The quantitative estimate of drug-likeness (QED) is 0.782. The van der Waals surface area contributed by atoms with Crippen LogP contribution in [0.2, 0.25) is 0 Å². The van der Waals surface area contributed by atoms with Gasteiger partial charge in [0.15, 0.2) is 0 Å². The predicted octanol–water partition coefficient (Wildman–Crippen LogP) is 1.15. The molecular weight excluding hydrogens is 190 g/mol. The van der Waals surface area contributed by atoms with Gasteiger partial charge in [-0.1, -0.05) is 6.92 Å². The summed E-state index contributed by atoms with van der Waals surface area (Å²) in [6, 6.07) is 0. The number of rotatable bonds is 4. The maximum Gasteiger partial charge on any atom is 0.0638 e. The lowest BCUT2D eigenvalue weighted by molar-refractivity contribution is -0.0991. The molecule has 1 aliphatic heterocycles. The van der Waals surface area contributed by atoms with Crippen LogP contribution in [0.1, 0.15) is 23.9 Å². The Labute approximate surface area is 90.4 Å². The second-order valence-corrected chi connectivity index (χ2v) is 4.82. The maximum atomic E-state index is 5.21. The lowest BCUT2D eigenvalue weighted by Crippen LogP contribution is -2.47. The Balaban J connectivity index is 1.83. The van der Waals surface area contributed by atoms with Crippen molar-refractivity contribution in [2.75, 3.05) is 19.8 Å². The summed E-state index contributed by atoms with van der Waals surface area (Å²) in [7, 11) is 0. The SMILES string of the molecule is Cc1n[nH]c(C)c1CNCC1(C)COC1. The fraction of sp³-hybridized carbons (Fsp3) is 0.727. The molecule has 15 heavy (non-hydrogen) atoms. The lowest BCUT2D eigenvalue weighted by Gasteiger charge is -2.38. The van der Waals surface area contributed by atoms with Gasteiger partial charge in [0.05, 0.1) is 18.9 Å². The van der Waals surface area contributed by atoms with E-state index in [2.05, 4.69) is 29.4 Å². The molecule has 84 valence electrons. The number of aromatic nitrogens is 2. The smallest absolute Gasteiger partial charge is 0.0638 e. The molecule has 2 rings (SSSR count). The average molecular weight is 209 g/mol.